The van der Waals surface area contributed by atoms with Crippen LogP contribution >= 0.6 is 0 Å². The van der Waals surface area contributed by atoms with E-state index in [1.165, 1.54) is 12.1 Å². The molecule has 0 aromatic heterocycles. The Morgan fingerprint density at radius 1 is 1.11 bits per heavy atom. The lowest BCUT2D eigenvalue weighted by Crippen LogP contribution is -2.31. The summed E-state index contributed by atoms with van der Waals surface area (Å²) in [6.07, 6.45) is 2.03. The highest BCUT2D eigenvalue weighted by Crippen LogP contribution is 2.05. The fourth-order valence-corrected chi connectivity index (χ4v) is 1.84. The number of benzene rings is 1. The van der Waals surface area contributed by atoms with Crippen molar-refractivity contribution < 1.29 is 9.13 Å². The summed E-state index contributed by atoms with van der Waals surface area (Å²) in [6, 6.07) is 7.08. The van der Waals surface area contributed by atoms with Crippen molar-refractivity contribution in [1.29, 1.82) is 0 Å². The molecule has 2 nitrogen and oxygen atoms in total. The van der Waals surface area contributed by atoms with Crippen LogP contribution in [0.5, 0.6) is 0 Å². The molecule has 1 aromatic carbocycles. The monoisotopic (exact) mass is 267 g/mol. The molecule has 0 amide bonds. The summed E-state index contributed by atoms with van der Waals surface area (Å²) in [7, 11) is 0. The molecule has 0 radical (unpaired) electrons. The maximum Gasteiger partial charge on any atom is 0.123 e. The summed E-state index contributed by atoms with van der Waals surface area (Å²) in [5.74, 6) is 0.522. The van der Waals surface area contributed by atoms with Crippen LogP contribution in [0.15, 0.2) is 24.3 Å². The second kappa shape index (κ2) is 9.05. The average molecular weight is 267 g/mol. The third-order valence-electron chi connectivity index (χ3n) is 3.03. The van der Waals surface area contributed by atoms with Crippen molar-refractivity contribution in [2.45, 2.75) is 39.7 Å². The molecule has 0 bridgehead atoms. The van der Waals surface area contributed by atoms with E-state index in [4.69, 9.17) is 4.74 Å². The van der Waals surface area contributed by atoms with Crippen molar-refractivity contribution in [3.8, 4) is 0 Å². The highest BCUT2D eigenvalue weighted by molar-refractivity contribution is 5.16. The summed E-state index contributed by atoms with van der Waals surface area (Å²) in [5, 5.41) is 3.42. The lowest BCUT2D eigenvalue weighted by atomic mass is 10.1. The summed E-state index contributed by atoms with van der Waals surface area (Å²) < 4.78 is 18.3. The van der Waals surface area contributed by atoms with E-state index in [-0.39, 0.29) is 5.82 Å². The molecule has 1 unspecified atom stereocenters. The lowest BCUT2D eigenvalue weighted by molar-refractivity contribution is 0.123. The quantitative estimate of drug-likeness (QED) is 0.692. The molecular formula is C16H26FNO. The Balaban J connectivity index is 2.08. The Kier molecular flexibility index (Phi) is 7.68. The summed E-state index contributed by atoms with van der Waals surface area (Å²) in [5.41, 5.74) is 1.15. The fraction of sp³-hybridized carbons (Fsp3) is 0.625. The molecular weight excluding hydrogens is 241 g/mol. The van der Waals surface area contributed by atoms with Crippen LogP contribution in [0.4, 0.5) is 4.39 Å². The third-order valence-corrected chi connectivity index (χ3v) is 3.03. The van der Waals surface area contributed by atoms with Gasteiger partial charge in [-0.2, -0.15) is 0 Å². The predicted octanol–water partition coefficient (Wildman–Crippen LogP) is 3.41. The van der Waals surface area contributed by atoms with Crippen LogP contribution in [0.25, 0.3) is 0 Å². The van der Waals surface area contributed by atoms with Crippen LogP contribution in [0, 0.1) is 11.7 Å². The van der Waals surface area contributed by atoms with E-state index >= 15 is 0 Å². The van der Waals surface area contributed by atoms with Gasteiger partial charge in [0.25, 0.3) is 0 Å². The molecule has 0 aliphatic heterocycles. The van der Waals surface area contributed by atoms with E-state index in [0.717, 1.165) is 38.2 Å². The number of nitrogens with one attached hydrogen (secondary N) is 1. The van der Waals surface area contributed by atoms with Gasteiger partial charge < -0.3 is 10.1 Å². The van der Waals surface area contributed by atoms with Gasteiger partial charge in [-0.25, -0.2) is 4.39 Å². The first kappa shape index (κ1) is 16.1. The minimum Gasteiger partial charge on any atom is -0.380 e. The number of ether oxygens (including phenoxy) is 1. The first-order valence-corrected chi connectivity index (χ1v) is 7.13. The Morgan fingerprint density at radius 3 is 2.42 bits per heavy atom. The van der Waals surface area contributed by atoms with Gasteiger partial charge >= 0.3 is 0 Å². The maximum atomic E-state index is 12.8. The molecule has 3 heteroatoms. The van der Waals surface area contributed by atoms with Crippen LogP contribution in [-0.2, 0) is 11.2 Å². The summed E-state index contributed by atoms with van der Waals surface area (Å²) in [4.78, 5) is 0. The predicted molar refractivity (Wildman–Crippen MR) is 77.8 cm³/mol. The van der Waals surface area contributed by atoms with Gasteiger partial charge in [0.2, 0.25) is 0 Å². The summed E-state index contributed by atoms with van der Waals surface area (Å²) in [6.45, 7) is 8.99. The second-order valence-corrected chi connectivity index (χ2v) is 5.48. The minimum atomic E-state index is -0.178. The number of hydrogen-bond donors (Lipinski definition) is 1. The minimum absolute atomic E-state index is 0.178. The van der Waals surface area contributed by atoms with E-state index in [9.17, 15) is 4.39 Å². The molecule has 0 aliphatic rings. The molecule has 0 saturated carbocycles. The Bertz CT molecular complexity index is 337. The van der Waals surface area contributed by atoms with Crippen LogP contribution in [-0.4, -0.2) is 25.8 Å². The molecule has 1 aromatic rings. The van der Waals surface area contributed by atoms with E-state index in [0.29, 0.717) is 12.0 Å². The summed E-state index contributed by atoms with van der Waals surface area (Å²) >= 11 is 0. The standard InChI is InChI=1S/C16H26FNO/c1-13(2)8-10-19-11-9-18-14(3)12-15-4-6-16(17)7-5-15/h4-7,13-14,18H,8-12H2,1-3H3. The zero-order valence-electron chi connectivity index (χ0n) is 12.3. The van der Waals surface area contributed by atoms with Crippen molar-refractivity contribution >= 4 is 0 Å². The van der Waals surface area contributed by atoms with E-state index in [2.05, 4.69) is 26.1 Å². The molecule has 1 N–H and O–H groups in total. The highest BCUT2D eigenvalue weighted by atomic mass is 19.1. The van der Waals surface area contributed by atoms with Crippen LogP contribution < -0.4 is 5.32 Å². The van der Waals surface area contributed by atoms with Gasteiger partial charge in [0.15, 0.2) is 0 Å². The van der Waals surface area contributed by atoms with Crippen molar-refractivity contribution in [2.24, 2.45) is 5.92 Å². The SMILES string of the molecule is CC(C)CCOCCNC(C)Cc1ccc(F)cc1. The van der Waals surface area contributed by atoms with E-state index in [1.54, 1.807) is 0 Å². The van der Waals surface area contributed by atoms with Gasteiger partial charge in [-0.1, -0.05) is 26.0 Å². The fourth-order valence-electron chi connectivity index (χ4n) is 1.84. The van der Waals surface area contributed by atoms with E-state index < -0.39 is 0 Å². The Morgan fingerprint density at radius 2 is 1.79 bits per heavy atom. The zero-order valence-corrected chi connectivity index (χ0v) is 12.3. The van der Waals surface area contributed by atoms with Crippen LogP contribution in [0.3, 0.4) is 0 Å². The van der Waals surface area contributed by atoms with Gasteiger partial charge in [-0.05, 0) is 43.4 Å². The van der Waals surface area contributed by atoms with E-state index in [1.807, 2.05) is 12.1 Å². The molecule has 0 spiro atoms. The number of halogens is 1. The second-order valence-electron chi connectivity index (χ2n) is 5.48. The maximum absolute atomic E-state index is 12.8. The molecule has 19 heavy (non-hydrogen) atoms. The third kappa shape index (κ3) is 7.96. The Labute approximate surface area is 116 Å². The number of rotatable bonds is 9. The zero-order chi connectivity index (χ0) is 14.1. The van der Waals surface area contributed by atoms with Gasteiger partial charge in [0.1, 0.15) is 5.82 Å². The molecule has 0 saturated heterocycles. The average Bonchev–Trinajstić information content (AvgIpc) is 2.36. The highest BCUT2D eigenvalue weighted by Gasteiger charge is 2.03. The van der Waals surface area contributed by atoms with Crippen LogP contribution in [0.1, 0.15) is 32.8 Å². The lowest BCUT2D eigenvalue weighted by Gasteiger charge is -2.14. The van der Waals surface area contributed by atoms with Crippen molar-refractivity contribution in [3.05, 3.63) is 35.6 Å². The van der Waals surface area contributed by atoms with Gasteiger partial charge in [0.05, 0.1) is 6.61 Å². The molecule has 0 heterocycles. The smallest absolute Gasteiger partial charge is 0.123 e. The molecule has 0 fully saturated rings. The largest absolute Gasteiger partial charge is 0.380 e. The normalized spacial score (nSPS) is 12.9. The molecule has 1 atom stereocenters. The first-order chi connectivity index (χ1) is 9.08. The van der Waals surface area contributed by atoms with Crippen molar-refractivity contribution in [1.82, 2.24) is 5.32 Å². The first-order valence-electron chi connectivity index (χ1n) is 7.13. The molecule has 1 rings (SSSR count). The van der Waals surface area contributed by atoms with Gasteiger partial charge in [-0.3, -0.25) is 0 Å². The van der Waals surface area contributed by atoms with Crippen molar-refractivity contribution in [3.63, 3.8) is 0 Å². The van der Waals surface area contributed by atoms with Crippen LogP contribution in [0.2, 0.25) is 0 Å². The molecule has 0 aliphatic carbocycles. The topological polar surface area (TPSA) is 21.3 Å². The molecule has 108 valence electrons. The number of hydrogen-bond acceptors (Lipinski definition) is 2. The van der Waals surface area contributed by atoms with Gasteiger partial charge in [-0.15, -0.1) is 0 Å². The van der Waals surface area contributed by atoms with Gasteiger partial charge in [0, 0.05) is 19.2 Å². The van der Waals surface area contributed by atoms with Crippen molar-refractivity contribution in [2.75, 3.05) is 19.8 Å². The Hall–Kier alpha value is -0.930.